The molecule has 1 atom stereocenters. The quantitative estimate of drug-likeness (QED) is 0.839. The molecule has 23 heavy (non-hydrogen) atoms. The van der Waals surface area contributed by atoms with E-state index in [1.807, 2.05) is 31.2 Å². The van der Waals surface area contributed by atoms with Crippen LogP contribution in [0.1, 0.15) is 24.8 Å². The summed E-state index contributed by atoms with van der Waals surface area (Å²) in [6, 6.07) is 7.84. The molecule has 7 heteroatoms. The van der Waals surface area contributed by atoms with E-state index in [0.717, 1.165) is 17.7 Å². The van der Waals surface area contributed by atoms with E-state index in [4.69, 9.17) is 4.74 Å². The van der Waals surface area contributed by atoms with Crippen molar-refractivity contribution in [1.82, 2.24) is 13.9 Å². The fourth-order valence-electron chi connectivity index (χ4n) is 3.00. The Morgan fingerprint density at radius 2 is 2.22 bits per heavy atom. The highest BCUT2D eigenvalue weighted by Gasteiger charge is 2.35. The number of rotatable bonds is 5. The minimum Gasteiger partial charge on any atom is -0.497 e. The topological polar surface area (TPSA) is 64.4 Å². The molecule has 6 nitrogen and oxygen atoms in total. The molecule has 0 saturated carbocycles. The zero-order chi connectivity index (χ0) is 16.4. The van der Waals surface area contributed by atoms with E-state index in [9.17, 15) is 8.42 Å². The zero-order valence-electron chi connectivity index (χ0n) is 13.3. The Kier molecular flexibility index (Phi) is 4.41. The average molecular weight is 335 g/mol. The number of hydrogen-bond acceptors (Lipinski definition) is 4. The second-order valence-electron chi connectivity index (χ2n) is 5.62. The SMILES string of the molecule is CCn1ccnc1S(=O)(=O)N1CCC(c2cccc(OC)c2)C1. The molecule has 1 aromatic carbocycles. The number of hydrogen-bond donors (Lipinski definition) is 0. The molecule has 1 aliphatic rings. The molecular formula is C16H21N3O3S. The van der Waals surface area contributed by atoms with E-state index in [-0.39, 0.29) is 11.1 Å². The van der Waals surface area contributed by atoms with Crippen LogP contribution in [0.15, 0.2) is 41.8 Å². The lowest BCUT2D eigenvalue weighted by Gasteiger charge is -2.17. The number of benzene rings is 1. The number of imidazole rings is 1. The minimum atomic E-state index is -3.54. The van der Waals surface area contributed by atoms with Gasteiger partial charge in [-0.1, -0.05) is 12.1 Å². The molecule has 3 rings (SSSR count). The van der Waals surface area contributed by atoms with Crippen LogP contribution in [0.25, 0.3) is 0 Å². The third-order valence-electron chi connectivity index (χ3n) is 4.30. The van der Waals surface area contributed by atoms with E-state index < -0.39 is 10.0 Å². The monoisotopic (exact) mass is 335 g/mol. The van der Waals surface area contributed by atoms with Crippen molar-refractivity contribution in [1.29, 1.82) is 0 Å². The summed E-state index contributed by atoms with van der Waals surface area (Å²) in [5.74, 6) is 0.982. The Hall–Kier alpha value is -1.86. The Bertz CT molecular complexity index is 785. The number of sulfonamides is 1. The van der Waals surface area contributed by atoms with Crippen LogP contribution < -0.4 is 4.74 Å². The molecule has 2 aromatic rings. The van der Waals surface area contributed by atoms with Crippen molar-refractivity contribution in [3.63, 3.8) is 0 Å². The molecule has 1 aliphatic heterocycles. The third-order valence-corrected chi connectivity index (χ3v) is 6.12. The Balaban J connectivity index is 1.81. The normalized spacial score (nSPS) is 19.1. The first kappa shape index (κ1) is 16.0. The van der Waals surface area contributed by atoms with Crippen LogP contribution in [-0.4, -0.2) is 42.5 Å². The Labute approximate surface area is 136 Å². The Morgan fingerprint density at radius 1 is 1.39 bits per heavy atom. The molecule has 0 spiro atoms. The van der Waals surface area contributed by atoms with Crippen molar-refractivity contribution < 1.29 is 13.2 Å². The fourth-order valence-corrected chi connectivity index (χ4v) is 4.63. The molecule has 0 N–H and O–H groups in total. The molecule has 2 heterocycles. The summed E-state index contributed by atoms with van der Waals surface area (Å²) in [6.45, 7) is 3.48. The van der Waals surface area contributed by atoms with Gasteiger partial charge < -0.3 is 9.30 Å². The summed E-state index contributed by atoms with van der Waals surface area (Å²) < 4.78 is 34.0. The first-order valence-corrected chi connectivity index (χ1v) is 9.15. The molecule has 0 aliphatic carbocycles. The van der Waals surface area contributed by atoms with Gasteiger partial charge in [-0.15, -0.1) is 0 Å². The summed E-state index contributed by atoms with van der Waals surface area (Å²) in [5.41, 5.74) is 1.11. The van der Waals surface area contributed by atoms with Crippen molar-refractivity contribution in [2.24, 2.45) is 0 Å². The first-order valence-electron chi connectivity index (χ1n) is 7.71. The maximum Gasteiger partial charge on any atom is 0.277 e. The predicted molar refractivity (Wildman–Crippen MR) is 87.0 cm³/mol. The third kappa shape index (κ3) is 2.98. The standard InChI is InChI=1S/C16H21N3O3S/c1-3-18-10-8-17-16(18)23(20,21)19-9-7-14(12-19)13-5-4-6-15(11-13)22-2/h4-6,8,10-11,14H,3,7,9,12H2,1-2H3. The lowest BCUT2D eigenvalue weighted by Crippen LogP contribution is -2.30. The van der Waals surface area contributed by atoms with Crippen molar-refractivity contribution in [2.75, 3.05) is 20.2 Å². The van der Waals surface area contributed by atoms with Gasteiger partial charge in [-0.05, 0) is 37.0 Å². The summed E-state index contributed by atoms with van der Waals surface area (Å²) >= 11 is 0. The van der Waals surface area contributed by atoms with Crippen LogP contribution in [0.3, 0.4) is 0 Å². The number of nitrogens with zero attached hydrogens (tertiary/aromatic N) is 3. The van der Waals surface area contributed by atoms with E-state index >= 15 is 0 Å². The van der Waals surface area contributed by atoms with Gasteiger partial charge in [-0.2, -0.15) is 4.31 Å². The van der Waals surface area contributed by atoms with Gasteiger partial charge in [0.05, 0.1) is 7.11 Å². The van der Waals surface area contributed by atoms with Gasteiger partial charge in [0.1, 0.15) is 5.75 Å². The van der Waals surface area contributed by atoms with Crippen LogP contribution in [0.4, 0.5) is 0 Å². The highest BCUT2D eigenvalue weighted by molar-refractivity contribution is 7.89. The van der Waals surface area contributed by atoms with Gasteiger partial charge in [-0.3, -0.25) is 0 Å². The van der Waals surface area contributed by atoms with Crippen molar-refractivity contribution in [3.8, 4) is 5.75 Å². The first-order chi connectivity index (χ1) is 11.1. The van der Waals surface area contributed by atoms with Gasteiger partial charge in [0.15, 0.2) is 0 Å². The van der Waals surface area contributed by atoms with Gasteiger partial charge in [0, 0.05) is 32.0 Å². The van der Waals surface area contributed by atoms with Crippen LogP contribution in [0, 0.1) is 0 Å². The fraction of sp³-hybridized carbons (Fsp3) is 0.438. The molecule has 0 amide bonds. The van der Waals surface area contributed by atoms with Crippen LogP contribution in [-0.2, 0) is 16.6 Å². The Morgan fingerprint density at radius 3 is 2.96 bits per heavy atom. The van der Waals surface area contributed by atoms with Crippen LogP contribution >= 0.6 is 0 Å². The number of aryl methyl sites for hydroxylation is 1. The summed E-state index contributed by atoms with van der Waals surface area (Å²) in [5, 5.41) is 0.131. The zero-order valence-corrected chi connectivity index (χ0v) is 14.2. The highest BCUT2D eigenvalue weighted by Crippen LogP contribution is 2.32. The second kappa shape index (κ2) is 6.33. The molecular weight excluding hydrogens is 314 g/mol. The van der Waals surface area contributed by atoms with E-state index in [0.29, 0.717) is 19.6 Å². The maximum atomic E-state index is 12.8. The second-order valence-corrected chi connectivity index (χ2v) is 7.45. The van der Waals surface area contributed by atoms with E-state index in [1.165, 1.54) is 10.5 Å². The van der Waals surface area contributed by atoms with Crippen LogP contribution in [0.2, 0.25) is 0 Å². The number of aromatic nitrogens is 2. The maximum absolute atomic E-state index is 12.8. The summed E-state index contributed by atoms with van der Waals surface area (Å²) in [7, 11) is -1.91. The molecule has 1 saturated heterocycles. The van der Waals surface area contributed by atoms with E-state index in [2.05, 4.69) is 4.98 Å². The predicted octanol–water partition coefficient (Wildman–Crippen LogP) is 2.09. The molecule has 1 fully saturated rings. The molecule has 1 aromatic heterocycles. The van der Waals surface area contributed by atoms with Gasteiger partial charge in [0.25, 0.3) is 10.0 Å². The van der Waals surface area contributed by atoms with Gasteiger partial charge in [0.2, 0.25) is 5.16 Å². The van der Waals surface area contributed by atoms with Gasteiger partial charge in [-0.25, -0.2) is 13.4 Å². The largest absolute Gasteiger partial charge is 0.497 e. The molecule has 1 unspecified atom stereocenters. The van der Waals surface area contributed by atoms with Crippen LogP contribution in [0.5, 0.6) is 5.75 Å². The van der Waals surface area contributed by atoms with Crippen molar-refractivity contribution >= 4 is 10.0 Å². The molecule has 0 radical (unpaired) electrons. The summed E-state index contributed by atoms with van der Waals surface area (Å²) in [4.78, 5) is 4.04. The smallest absolute Gasteiger partial charge is 0.277 e. The highest BCUT2D eigenvalue weighted by atomic mass is 32.2. The van der Waals surface area contributed by atoms with Gasteiger partial charge >= 0.3 is 0 Å². The molecule has 124 valence electrons. The minimum absolute atomic E-state index is 0.131. The number of ether oxygens (including phenoxy) is 1. The lowest BCUT2D eigenvalue weighted by molar-refractivity contribution is 0.413. The summed E-state index contributed by atoms with van der Waals surface area (Å²) in [6.07, 6.45) is 4.04. The van der Waals surface area contributed by atoms with Crippen molar-refractivity contribution in [2.45, 2.75) is 31.0 Å². The van der Waals surface area contributed by atoms with E-state index in [1.54, 1.807) is 17.9 Å². The average Bonchev–Trinajstić information content (AvgIpc) is 3.24. The lowest BCUT2D eigenvalue weighted by atomic mass is 9.98. The number of methoxy groups -OCH3 is 1. The molecule has 0 bridgehead atoms. The van der Waals surface area contributed by atoms with Crippen molar-refractivity contribution in [3.05, 3.63) is 42.2 Å².